The van der Waals surface area contributed by atoms with E-state index in [-0.39, 0.29) is 16.2 Å². The number of rotatable bonds is 5. The zero-order valence-electron chi connectivity index (χ0n) is 34.1. The molecular formula is C58H47N. The second-order valence-corrected chi connectivity index (χ2v) is 18.1. The smallest absolute Gasteiger partial charge is 0.0465 e. The van der Waals surface area contributed by atoms with Gasteiger partial charge < -0.3 is 4.90 Å². The van der Waals surface area contributed by atoms with Crippen molar-refractivity contribution < 1.29 is 0 Å². The van der Waals surface area contributed by atoms with Gasteiger partial charge in [0.05, 0.1) is 0 Å². The molecule has 1 atom stereocenters. The Morgan fingerprint density at radius 1 is 0.373 bits per heavy atom. The molecule has 1 unspecified atom stereocenters. The molecule has 4 aliphatic rings. The molecule has 1 fully saturated rings. The molecule has 1 heteroatoms. The SMILES string of the molecule is CC1(C)c2ccccc2-c2cccc(-c3ccc(N(c4ccc5c(c4)C4(CCCC4)c4ccccc4-5)c4ccc5c(c4)C(C)(c4ccccc4)c4ccccc4-5)cc3)c21. The predicted molar refractivity (Wildman–Crippen MR) is 246 cm³/mol. The summed E-state index contributed by atoms with van der Waals surface area (Å²) in [6.07, 6.45) is 4.97. The van der Waals surface area contributed by atoms with Crippen LogP contribution in [0.2, 0.25) is 0 Å². The van der Waals surface area contributed by atoms with E-state index in [1.54, 1.807) is 0 Å². The van der Waals surface area contributed by atoms with E-state index in [9.17, 15) is 0 Å². The normalized spacial score (nSPS) is 18.2. The highest BCUT2D eigenvalue weighted by molar-refractivity contribution is 5.91. The third-order valence-corrected chi connectivity index (χ3v) is 14.9. The first-order chi connectivity index (χ1) is 28.9. The van der Waals surface area contributed by atoms with Gasteiger partial charge in [0.2, 0.25) is 0 Å². The van der Waals surface area contributed by atoms with Crippen LogP contribution in [-0.2, 0) is 16.2 Å². The van der Waals surface area contributed by atoms with Crippen LogP contribution in [0.25, 0.3) is 44.5 Å². The number of anilines is 3. The minimum atomic E-state index is -0.287. The molecule has 284 valence electrons. The van der Waals surface area contributed by atoms with E-state index in [0.29, 0.717) is 0 Å². The molecule has 59 heavy (non-hydrogen) atoms. The molecule has 0 saturated heterocycles. The van der Waals surface area contributed by atoms with Gasteiger partial charge in [-0.3, -0.25) is 0 Å². The van der Waals surface area contributed by atoms with Crippen LogP contribution < -0.4 is 4.90 Å². The highest BCUT2D eigenvalue weighted by Crippen LogP contribution is 2.59. The van der Waals surface area contributed by atoms with E-state index in [2.05, 4.69) is 208 Å². The largest absolute Gasteiger partial charge is 0.310 e. The lowest BCUT2D eigenvalue weighted by Gasteiger charge is -2.32. The Bertz CT molecular complexity index is 2980. The fraction of sp³-hybridized carbons (Fsp3) is 0.172. The summed E-state index contributed by atoms with van der Waals surface area (Å²) in [5, 5.41) is 0. The van der Waals surface area contributed by atoms with Crippen molar-refractivity contribution in [3.8, 4) is 44.5 Å². The Morgan fingerprint density at radius 3 is 1.56 bits per heavy atom. The standard InChI is InChI=1S/C58H47N/c1-56(2)50-23-10-7-20-46(50)49-22-15-21-43(55(49)56)38-26-28-40(29-27-38)59(42-31-33-48-45-19-9-12-25-52(45)58(54(48)37-42)34-13-14-35-58)41-30-32-47-44-18-8-11-24-51(44)57(3,53(47)36-41)39-16-5-4-6-17-39/h4-12,15-33,36-37H,13-14,34-35H2,1-3H3. The van der Waals surface area contributed by atoms with Crippen LogP contribution in [0, 0.1) is 0 Å². The molecule has 0 heterocycles. The van der Waals surface area contributed by atoms with Crippen LogP contribution in [-0.4, -0.2) is 0 Å². The van der Waals surface area contributed by atoms with Crippen molar-refractivity contribution in [2.24, 2.45) is 0 Å². The molecule has 0 aliphatic heterocycles. The van der Waals surface area contributed by atoms with Crippen LogP contribution in [0.15, 0.2) is 182 Å². The molecule has 1 saturated carbocycles. The Labute approximate surface area is 348 Å². The summed E-state index contributed by atoms with van der Waals surface area (Å²) in [5.74, 6) is 0. The summed E-state index contributed by atoms with van der Waals surface area (Å²) < 4.78 is 0. The van der Waals surface area contributed by atoms with Crippen LogP contribution in [0.5, 0.6) is 0 Å². The number of hydrogen-bond donors (Lipinski definition) is 0. The maximum absolute atomic E-state index is 2.55. The molecule has 0 N–H and O–H groups in total. The van der Waals surface area contributed by atoms with E-state index < -0.39 is 0 Å². The zero-order valence-corrected chi connectivity index (χ0v) is 34.1. The summed E-state index contributed by atoms with van der Waals surface area (Å²) in [4.78, 5) is 2.53. The summed E-state index contributed by atoms with van der Waals surface area (Å²) in [6.45, 7) is 7.19. The average Bonchev–Trinajstić information content (AvgIpc) is 4.02. The molecule has 0 amide bonds. The van der Waals surface area contributed by atoms with Crippen molar-refractivity contribution in [2.45, 2.75) is 62.7 Å². The summed E-state index contributed by atoms with van der Waals surface area (Å²) in [6, 6.07) is 69.1. The molecule has 1 nitrogen and oxygen atoms in total. The van der Waals surface area contributed by atoms with Crippen molar-refractivity contribution in [1.82, 2.24) is 0 Å². The quantitative estimate of drug-likeness (QED) is 0.169. The van der Waals surface area contributed by atoms with Gasteiger partial charge in [0.15, 0.2) is 0 Å². The van der Waals surface area contributed by atoms with Gasteiger partial charge in [-0.05, 0) is 140 Å². The highest BCUT2D eigenvalue weighted by atomic mass is 15.1. The first-order valence-electron chi connectivity index (χ1n) is 21.6. The lowest BCUT2D eigenvalue weighted by Crippen LogP contribution is -2.23. The van der Waals surface area contributed by atoms with Gasteiger partial charge in [-0.25, -0.2) is 0 Å². The van der Waals surface area contributed by atoms with Crippen LogP contribution >= 0.6 is 0 Å². The molecule has 8 aromatic carbocycles. The summed E-state index contributed by atoms with van der Waals surface area (Å²) in [5.41, 5.74) is 23.9. The summed E-state index contributed by atoms with van der Waals surface area (Å²) in [7, 11) is 0. The number of benzene rings is 8. The lowest BCUT2D eigenvalue weighted by atomic mass is 9.74. The van der Waals surface area contributed by atoms with Crippen molar-refractivity contribution in [3.63, 3.8) is 0 Å². The Kier molecular flexibility index (Phi) is 7.35. The Morgan fingerprint density at radius 2 is 0.864 bits per heavy atom. The summed E-state index contributed by atoms with van der Waals surface area (Å²) >= 11 is 0. The number of hydrogen-bond acceptors (Lipinski definition) is 1. The first kappa shape index (κ1) is 34.6. The third kappa shape index (κ3) is 4.73. The lowest BCUT2D eigenvalue weighted by molar-refractivity contribution is 0.550. The van der Waals surface area contributed by atoms with Gasteiger partial charge in [0.25, 0.3) is 0 Å². The van der Waals surface area contributed by atoms with E-state index in [4.69, 9.17) is 0 Å². The average molecular weight is 758 g/mol. The van der Waals surface area contributed by atoms with Crippen LogP contribution in [0.1, 0.15) is 85.4 Å². The van der Waals surface area contributed by atoms with Gasteiger partial charge in [0.1, 0.15) is 0 Å². The molecule has 8 aromatic rings. The van der Waals surface area contributed by atoms with E-state index in [0.717, 1.165) is 5.69 Å². The number of nitrogens with zero attached hydrogens (tertiary/aromatic N) is 1. The fourth-order valence-electron chi connectivity index (χ4n) is 12.1. The third-order valence-electron chi connectivity index (χ3n) is 14.9. The van der Waals surface area contributed by atoms with Crippen LogP contribution in [0.4, 0.5) is 17.1 Å². The topological polar surface area (TPSA) is 3.24 Å². The highest BCUT2D eigenvalue weighted by Gasteiger charge is 2.46. The van der Waals surface area contributed by atoms with Crippen molar-refractivity contribution in [2.75, 3.05) is 4.90 Å². The van der Waals surface area contributed by atoms with Gasteiger partial charge in [0, 0.05) is 33.3 Å². The maximum atomic E-state index is 2.55. The second-order valence-electron chi connectivity index (χ2n) is 18.1. The Hall–Kier alpha value is -6.44. The van der Waals surface area contributed by atoms with E-state index >= 15 is 0 Å². The zero-order chi connectivity index (χ0) is 39.5. The first-order valence-corrected chi connectivity index (χ1v) is 21.6. The van der Waals surface area contributed by atoms with Gasteiger partial charge in [-0.15, -0.1) is 0 Å². The molecule has 4 aliphatic carbocycles. The monoisotopic (exact) mass is 757 g/mol. The van der Waals surface area contributed by atoms with Gasteiger partial charge >= 0.3 is 0 Å². The van der Waals surface area contributed by atoms with Gasteiger partial charge in [-0.2, -0.15) is 0 Å². The second kappa shape index (κ2) is 12.5. The van der Waals surface area contributed by atoms with Crippen molar-refractivity contribution >= 4 is 17.1 Å². The molecule has 0 bridgehead atoms. The Balaban J connectivity index is 1.04. The van der Waals surface area contributed by atoms with Crippen molar-refractivity contribution in [1.29, 1.82) is 0 Å². The van der Waals surface area contributed by atoms with E-state index in [1.165, 1.54) is 121 Å². The molecule has 1 spiro atoms. The fourth-order valence-corrected chi connectivity index (χ4v) is 12.1. The van der Waals surface area contributed by atoms with E-state index in [1.807, 2.05) is 0 Å². The van der Waals surface area contributed by atoms with Crippen molar-refractivity contribution in [3.05, 3.63) is 221 Å². The minimum absolute atomic E-state index is 0.0843. The molecule has 0 aromatic heterocycles. The maximum Gasteiger partial charge on any atom is 0.0465 e. The predicted octanol–water partition coefficient (Wildman–Crippen LogP) is 15.3. The molecule has 0 radical (unpaired) electrons. The minimum Gasteiger partial charge on any atom is -0.310 e. The number of fused-ring (bicyclic) bond motifs is 11. The van der Waals surface area contributed by atoms with Crippen LogP contribution in [0.3, 0.4) is 0 Å². The molecule has 12 rings (SSSR count). The molecular weight excluding hydrogens is 711 g/mol. The van der Waals surface area contributed by atoms with Gasteiger partial charge in [-0.1, -0.05) is 172 Å².